The first kappa shape index (κ1) is 23.0. The van der Waals surface area contributed by atoms with Gasteiger partial charge in [0.05, 0.1) is 52.9 Å². The second-order valence-corrected chi connectivity index (χ2v) is 6.83. The van der Waals surface area contributed by atoms with Crippen molar-refractivity contribution in [2.45, 2.75) is 18.2 Å². The smallest absolute Gasteiger partial charge is 0.302 e. The summed E-state index contributed by atoms with van der Waals surface area (Å²) in [6.07, 6.45) is 0.943. The molecule has 0 heterocycles. The van der Waals surface area contributed by atoms with Crippen molar-refractivity contribution in [1.82, 2.24) is 0 Å². The summed E-state index contributed by atoms with van der Waals surface area (Å²) in [6.45, 7) is 5.80. The van der Waals surface area contributed by atoms with Gasteiger partial charge in [-0.3, -0.25) is 4.79 Å². The van der Waals surface area contributed by atoms with E-state index in [1.807, 2.05) is 18.2 Å². The van der Waals surface area contributed by atoms with Crippen molar-refractivity contribution in [3.63, 3.8) is 0 Å². The van der Waals surface area contributed by atoms with Gasteiger partial charge in [-0.25, -0.2) is 0 Å². The number of hydrogen-bond acceptors (Lipinski definition) is 6. The van der Waals surface area contributed by atoms with E-state index in [2.05, 4.69) is 28.1 Å². The van der Waals surface area contributed by atoms with E-state index in [9.17, 15) is 4.79 Å². The number of hydrogen-bond donors (Lipinski definition) is 0. The number of carbonyl (C=O) groups excluding carboxylic acids is 1. The zero-order chi connectivity index (χ0) is 18.9. The number of halogens is 1. The summed E-state index contributed by atoms with van der Waals surface area (Å²) in [6, 6.07) is 10.3. The second-order valence-electron chi connectivity index (χ2n) is 5.54. The van der Waals surface area contributed by atoms with Crippen LogP contribution in [0.15, 0.2) is 30.3 Å². The summed E-state index contributed by atoms with van der Waals surface area (Å²) < 4.78 is 26.4. The molecule has 0 aromatic heterocycles. The van der Waals surface area contributed by atoms with Crippen molar-refractivity contribution in [3.05, 3.63) is 35.9 Å². The molecule has 1 atom stereocenters. The van der Waals surface area contributed by atoms with Gasteiger partial charge in [0.25, 0.3) is 0 Å². The van der Waals surface area contributed by atoms with Gasteiger partial charge in [-0.2, -0.15) is 0 Å². The van der Waals surface area contributed by atoms with Crippen LogP contribution in [0, 0.1) is 0 Å². The summed E-state index contributed by atoms with van der Waals surface area (Å²) in [5.41, 5.74) is 1.29. The molecule has 0 saturated heterocycles. The van der Waals surface area contributed by atoms with Crippen molar-refractivity contribution in [1.29, 1.82) is 0 Å². The van der Waals surface area contributed by atoms with E-state index in [0.29, 0.717) is 57.7 Å². The van der Waals surface area contributed by atoms with E-state index in [1.54, 1.807) is 0 Å². The fourth-order valence-corrected chi connectivity index (χ4v) is 2.60. The summed E-state index contributed by atoms with van der Waals surface area (Å²) in [4.78, 5) is 10.8. The van der Waals surface area contributed by atoms with Gasteiger partial charge in [-0.15, -0.1) is 0 Å². The van der Waals surface area contributed by atoms with Crippen molar-refractivity contribution in [2.75, 3.05) is 59.5 Å². The van der Waals surface area contributed by atoms with Crippen LogP contribution in [0.3, 0.4) is 0 Å². The van der Waals surface area contributed by atoms with Crippen LogP contribution in [-0.4, -0.2) is 70.3 Å². The summed E-state index contributed by atoms with van der Waals surface area (Å²) in [5.74, 6) is -0.297. The molecule has 148 valence electrons. The molecule has 0 aliphatic rings. The molecular formula is C19H29BrO6. The number of rotatable bonds is 16. The predicted octanol–water partition coefficient (Wildman–Crippen LogP) is 2.62. The van der Waals surface area contributed by atoms with Gasteiger partial charge in [0.1, 0.15) is 6.61 Å². The molecule has 0 spiro atoms. The quantitative estimate of drug-likeness (QED) is 0.227. The largest absolute Gasteiger partial charge is 0.463 e. The molecular weight excluding hydrogens is 404 g/mol. The lowest BCUT2D eigenvalue weighted by molar-refractivity contribution is -0.142. The molecule has 1 rings (SSSR count). The highest BCUT2D eigenvalue weighted by Gasteiger charge is 2.05. The lowest BCUT2D eigenvalue weighted by Gasteiger charge is -2.11. The van der Waals surface area contributed by atoms with Crippen LogP contribution in [0.1, 0.15) is 12.5 Å². The lowest BCUT2D eigenvalue weighted by Crippen LogP contribution is -2.16. The Bertz CT molecular complexity index is 457. The van der Waals surface area contributed by atoms with E-state index in [4.69, 9.17) is 23.7 Å². The molecule has 1 aromatic carbocycles. The fraction of sp³-hybridized carbons (Fsp3) is 0.632. The topological polar surface area (TPSA) is 63.2 Å². The van der Waals surface area contributed by atoms with Crippen LogP contribution >= 0.6 is 15.9 Å². The van der Waals surface area contributed by atoms with Crippen LogP contribution in [0.5, 0.6) is 0 Å². The lowest BCUT2D eigenvalue weighted by atomic mass is 10.1. The molecule has 26 heavy (non-hydrogen) atoms. The normalized spacial score (nSPS) is 12.1. The van der Waals surface area contributed by atoms with E-state index in [0.717, 1.165) is 6.42 Å². The first-order valence-electron chi connectivity index (χ1n) is 8.81. The summed E-state index contributed by atoms with van der Waals surface area (Å²) in [5, 5.41) is 0. The zero-order valence-corrected chi connectivity index (χ0v) is 16.9. The maximum atomic E-state index is 10.5. The van der Waals surface area contributed by atoms with Gasteiger partial charge in [-0.1, -0.05) is 46.3 Å². The van der Waals surface area contributed by atoms with E-state index in [1.165, 1.54) is 12.5 Å². The van der Waals surface area contributed by atoms with Gasteiger partial charge < -0.3 is 23.7 Å². The second kappa shape index (κ2) is 16.2. The molecule has 1 unspecified atom stereocenters. The highest BCUT2D eigenvalue weighted by atomic mass is 79.9. The minimum absolute atomic E-state index is 0.277. The number of esters is 1. The molecule has 0 amide bonds. The fourth-order valence-electron chi connectivity index (χ4n) is 2.04. The third-order valence-electron chi connectivity index (χ3n) is 3.25. The molecule has 0 N–H and O–H groups in total. The van der Waals surface area contributed by atoms with Crippen molar-refractivity contribution in [3.8, 4) is 0 Å². The number of benzene rings is 1. The van der Waals surface area contributed by atoms with E-state index in [-0.39, 0.29) is 12.6 Å². The first-order chi connectivity index (χ1) is 12.7. The molecule has 0 aliphatic heterocycles. The van der Waals surface area contributed by atoms with Gasteiger partial charge in [0, 0.05) is 11.8 Å². The predicted molar refractivity (Wildman–Crippen MR) is 103 cm³/mol. The van der Waals surface area contributed by atoms with Gasteiger partial charge in [-0.05, 0) is 12.0 Å². The SMILES string of the molecule is CC(=O)OCCOCCOCCOCCOCC(Br)Cc1ccccc1. The maximum Gasteiger partial charge on any atom is 0.302 e. The van der Waals surface area contributed by atoms with Crippen LogP contribution < -0.4 is 0 Å². The Kier molecular flexibility index (Phi) is 14.4. The van der Waals surface area contributed by atoms with E-state index < -0.39 is 0 Å². The third-order valence-corrected chi connectivity index (χ3v) is 3.84. The third kappa shape index (κ3) is 14.2. The maximum absolute atomic E-state index is 10.5. The van der Waals surface area contributed by atoms with Gasteiger partial charge >= 0.3 is 5.97 Å². The van der Waals surface area contributed by atoms with Crippen LogP contribution in [0.25, 0.3) is 0 Å². The number of carbonyl (C=O) groups is 1. The molecule has 0 fully saturated rings. The molecule has 0 aliphatic carbocycles. The summed E-state index contributed by atoms with van der Waals surface area (Å²) >= 11 is 3.63. The Morgan fingerprint density at radius 2 is 1.35 bits per heavy atom. The highest BCUT2D eigenvalue weighted by Crippen LogP contribution is 2.10. The van der Waals surface area contributed by atoms with Gasteiger partial charge in [0.2, 0.25) is 0 Å². The van der Waals surface area contributed by atoms with Gasteiger partial charge in [0.15, 0.2) is 0 Å². The number of ether oxygens (including phenoxy) is 5. The average molecular weight is 433 g/mol. The highest BCUT2D eigenvalue weighted by molar-refractivity contribution is 9.09. The Balaban J connectivity index is 1.79. The molecule has 0 bridgehead atoms. The minimum Gasteiger partial charge on any atom is -0.463 e. The monoisotopic (exact) mass is 432 g/mol. The Morgan fingerprint density at radius 1 is 0.846 bits per heavy atom. The first-order valence-corrected chi connectivity index (χ1v) is 9.72. The summed E-state index contributed by atoms with van der Waals surface area (Å²) in [7, 11) is 0. The van der Waals surface area contributed by atoms with Crippen molar-refractivity contribution < 1.29 is 28.5 Å². The van der Waals surface area contributed by atoms with Crippen LogP contribution in [-0.2, 0) is 34.9 Å². The molecule has 1 aromatic rings. The molecule has 7 heteroatoms. The van der Waals surface area contributed by atoms with E-state index >= 15 is 0 Å². The van der Waals surface area contributed by atoms with Crippen LogP contribution in [0.2, 0.25) is 0 Å². The van der Waals surface area contributed by atoms with Crippen LogP contribution in [0.4, 0.5) is 0 Å². The minimum atomic E-state index is -0.297. The molecule has 0 saturated carbocycles. The molecule has 6 nitrogen and oxygen atoms in total. The Morgan fingerprint density at radius 3 is 1.88 bits per heavy atom. The Hall–Kier alpha value is -0.990. The van der Waals surface area contributed by atoms with Crippen molar-refractivity contribution in [2.24, 2.45) is 0 Å². The standard InChI is InChI=1S/C19H29BrO6/c1-17(21)26-14-13-24-10-9-22-7-8-23-11-12-25-16-19(20)15-18-5-3-2-4-6-18/h2-6,19H,7-16H2,1H3. The van der Waals surface area contributed by atoms with Crippen molar-refractivity contribution >= 4 is 21.9 Å². The molecule has 0 radical (unpaired) electrons. The average Bonchev–Trinajstić information content (AvgIpc) is 2.62. The Labute approximate surface area is 164 Å². The zero-order valence-electron chi connectivity index (χ0n) is 15.4. The number of alkyl halides is 1.